The van der Waals surface area contributed by atoms with Crippen molar-refractivity contribution in [3.63, 3.8) is 0 Å². The minimum Gasteiger partial charge on any atom is -0.506 e. The summed E-state index contributed by atoms with van der Waals surface area (Å²) in [5, 5.41) is 9.67. The SMILES string of the molecule is CS(=O)(=O)OOc1ccc(CSc2ccc(O)c(Cl)c2)cc1.[Na]. The van der Waals surface area contributed by atoms with Crippen LogP contribution in [0.4, 0.5) is 0 Å². The molecule has 23 heavy (non-hydrogen) atoms. The maximum atomic E-state index is 10.8. The summed E-state index contributed by atoms with van der Waals surface area (Å²) in [4.78, 5) is 5.61. The van der Waals surface area contributed by atoms with Crippen molar-refractivity contribution in [3.05, 3.63) is 53.1 Å². The minimum absolute atomic E-state index is 0. The molecule has 0 bridgehead atoms. The first-order valence-electron chi connectivity index (χ1n) is 6.10. The molecule has 0 unspecified atom stereocenters. The molecule has 2 aromatic carbocycles. The Labute approximate surface area is 166 Å². The number of hydrogen-bond acceptors (Lipinski definition) is 6. The van der Waals surface area contributed by atoms with E-state index in [-0.39, 0.29) is 35.3 Å². The van der Waals surface area contributed by atoms with Crippen LogP contribution in [0.1, 0.15) is 5.56 Å². The van der Waals surface area contributed by atoms with Crippen molar-refractivity contribution in [1.82, 2.24) is 0 Å². The van der Waals surface area contributed by atoms with Gasteiger partial charge in [0.05, 0.1) is 11.3 Å². The number of rotatable bonds is 6. The maximum Gasteiger partial charge on any atom is 0.300 e. The number of halogens is 1. The second-order valence-electron chi connectivity index (χ2n) is 4.40. The Morgan fingerprint density at radius 2 is 1.83 bits per heavy atom. The fourth-order valence-corrected chi connectivity index (χ4v) is 2.83. The molecule has 0 spiro atoms. The molecule has 2 aromatic rings. The number of phenols is 1. The van der Waals surface area contributed by atoms with E-state index in [2.05, 4.69) is 9.22 Å². The van der Waals surface area contributed by atoms with E-state index in [4.69, 9.17) is 11.6 Å². The van der Waals surface area contributed by atoms with Crippen LogP contribution < -0.4 is 4.89 Å². The van der Waals surface area contributed by atoms with E-state index >= 15 is 0 Å². The molecule has 119 valence electrons. The molecular weight excluding hydrogens is 371 g/mol. The predicted octanol–water partition coefficient (Wildman–Crippen LogP) is 3.23. The van der Waals surface area contributed by atoms with Gasteiger partial charge in [-0.05, 0) is 35.9 Å². The predicted molar refractivity (Wildman–Crippen MR) is 91.4 cm³/mol. The number of thioether (sulfide) groups is 1. The van der Waals surface area contributed by atoms with Gasteiger partial charge < -0.3 is 9.99 Å². The standard InChI is InChI=1S/C14H13ClO5S2.Na/c1-22(17,18)20-19-11-4-2-10(3-5-11)9-21-12-6-7-14(16)13(15)8-12;/h2-8,16H,9H2,1H3;. The van der Waals surface area contributed by atoms with Crippen LogP contribution in [0.3, 0.4) is 0 Å². The molecule has 2 rings (SSSR count). The number of hydrogen-bond donors (Lipinski definition) is 1. The first-order chi connectivity index (χ1) is 10.3. The van der Waals surface area contributed by atoms with Gasteiger partial charge in [-0.25, -0.2) is 0 Å². The Kier molecular flexibility index (Phi) is 8.23. The maximum absolute atomic E-state index is 10.8. The summed E-state index contributed by atoms with van der Waals surface area (Å²) in [6.07, 6.45) is 0.904. The summed E-state index contributed by atoms with van der Waals surface area (Å²) in [5.41, 5.74) is 1.01. The zero-order valence-corrected chi connectivity index (χ0v) is 16.9. The van der Waals surface area contributed by atoms with Crippen molar-refractivity contribution in [3.8, 4) is 11.5 Å². The molecule has 0 heterocycles. The Morgan fingerprint density at radius 3 is 2.39 bits per heavy atom. The summed E-state index contributed by atoms with van der Waals surface area (Å²) in [6.45, 7) is 0. The van der Waals surface area contributed by atoms with E-state index in [0.717, 1.165) is 16.7 Å². The van der Waals surface area contributed by atoms with Crippen molar-refractivity contribution < 1.29 is 22.7 Å². The molecule has 0 saturated heterocycles. The van der Waals surface area contributed by atoms with Gasteiger partial charge in [0.15, 0.2) is 5.75 Å². The van der Waals surface area contributed by atoms with Crippen LogP contribution in [0.5, 0.6) is 11.5 Å². The van der Waals surface area contributed by atoms with Gasteiger partial charge in [0.2, 0.25) is 0 Å². The molecule has 0 saturated carbocycles. The molecule has 0 aliphatic carbocycles. The van der Waals surface area contributed by atoms with E-state index in [0.29, 0.717) is 16.5 Å². The van der Waals surface area contributed by atoms with Crippen LogP contribution in [-0.4, -0.2) is 49.3 Å². The summed E-state index contributed by atoms with van der Waals surface area (Å²) in [5.74, 6) is 1.04. The summed E-state index contributed by atoms with van der Waals surface area (Å²) in [6, 6.07) is 11.9. The second kappa shape index (κ2) is 9.17. The van der Waals surface area contributed by atoms with Crippen molar-refractivity contribution in [2.75, 3.05) is 6.26 Å². The molecule has 9 heteroatoms. The fraction of sp³-hybridized carbons (Fsp3) is 0.143. The molecule has 0 aliphatic rings. The zero-order chi connectivity index (χ0) is 16.2. The van der Waals surface area contributed by atoms with E-state index in [9.17, 15) is 13.5 Å². The molecule has 1 N–H and O–H groups in total. The number of benzene rings is 2. The monoisotopic (exact) mass is 383 g/mol. The largest absolute Gasteiger partial charge is 0.506 e. The molecule has 0 aromatic heterocycles. The third-order valence-electron chi connectivity index (χ3n) is 2.50. The third-order valence-corrected chi connectivity index (χ3v) is 4.18. The van der Waals surface area contributed by atoms with Gasteiger partial charge in [0, 0.05) is 40.2 Å². The Balaban J connectivity index is 0.00000264. The second-order valence-corrected chi connectivity index (χ2v) is 7.40. The zero-order valence-electron chi connectivity index (χ0n) is 12.5. The Bertz CT molecular complexity index is 750. The summed E-state index contributed by atoms with van der Waals surface area (Å²) < 4.78 is 25.8. The quantitative estimate of drug-likeness (QED) is 0.357. The molecular formula is C14H13ClNaO5S2. The number of aromatic hydroxyl groups is 1. The smallest absolute Gasteiger partial charge is 0.300 e. The third kappa shape index (κ3) is 7.34. The van der Waals surface area contributed by atoms with Crippen LogP contribution in [-0.2, 0) is 20.2 Å². The van der Waals surface area contributed by atoms with Crippen molar-refractivity contribution in [2.45, 2.75) is 10.6 Å². The first-order valence-corrected chi connectivity index (χ1v) is 9.28. The Morgan fingerprint density at radius 1 is 1.17 bits per heavy atom. The number of phenolic OH excluding ortho intramolecular Hbond substituents is 1. The molecule has 1 radical (unpaired) electrons. The van der Waals surface area contributed by atoms with Gasteiger partial charge in [-0.15, -0.1) is 11.8 Å². The molecule has 0 aliphatic heterocycles. The van der Waals surface area contributed by atoms with Crippen molar-refractivity contribution >= 4 is 63.0 Å². The van der Waals surface area contributed by atoms with Crippen molar-refractivity contribution in [2.24, 2.45) is 0 Å². The van der Waals surface area contributed by atoms with Gasteiger partial charge in [0.25, 0.3) is 10.1 Å². The van der Waals surface area contributed by atoms with Crippen LogP contribution in [0.25, 0.3) is 0 Å². The fourth-order valence-electron chi connectivity index (χ4n) is 1.49. The average molecular weight is 384 g/mol. The molecule has 0 atom stereocenters. The minimum atomic E-state index is -3.65. The van der Waals surface area contributed by atoms with E-state index in [1.807, 2.05) is 0 Å². The normalized spacial score (nSPS) is 10.9. The van der Waals surface area contributed by atoms with E-state index < -0.39 is 10.1 Å². The van der Waals surface area contributed by atoms with Gasteiger partial charge in [-0.3, -0.25) is 0 Å². The summed E-state index contributed by atoms with van der Waals surface area (Å²) in [7, 11) is -3.65. The average Bonchev–Trinajstić information content (AvgIpc) is 2.47. The van der Waals surface area contributed by atoms with Crippen LogP contribution in [0.15, 0.2) is 47.4 Å². The topological polar surface area (TPSA) is 72.8 Å². The van der Waals surface area contributed by atoms with Crippen LogP contribution >= 0.6 is 23.4 Å². The van der Waals surface area contributed by atoms with Gasteiger partial charge in [0.1, 0.15) is 5.75 Å². The Hall–Kier alpha value is -0.410. The molecule has 0 fully saturated rings. The summed E-state index contributed by atoms with van der Waals surface area (Å²) >= 11 is 7.40. The van der Waals surface area contributed by atoms with Gasteiger partial charge >= 0.3 is 0 Å². The first kappa shape index (κ1) is 20.6. The van der Waals surface area contributed by atoms with Gasteiger partial charge in [-0.2, -0.15) is 8.42 Å². The van der Waals surface area contributed by atoms with E-state index in [1.54, 1.807) is 54.2 Å². The van der Waals surface area contributed by atoms with Crippen LogP contribution in [0.2, 0.25) is 5.02 Å². The van der Waals surface area contributed by atoms with E-state index in [1.165, 1.54) is 0 Å². The van der Waals surface area contributed by atoms with Crippen LogP contribution in [0, 0.1) is 0 Å². The molecule has 0 amide bonds. The van der Waals surface area contributed by atoms with Crippen molar-refractivity contribution in [1.29, 1.82) is 0 Å². The van der Waals surface area contributed by atoms with Gasteiger partial charge in [-0.1, -0.05) is 28.1 Å². The molecule has 5 nitrogen and oxygen atoms in total.